The van der Waals surface area contributed by atoms with Gasteiger partial charge in [0, 0.05) is 90.5 Å². The van der Waals surface area contributed by atoms with Crippen molar-refractivity contribution in [3.8, 4) is 129 Å². The molecule has 3 aliphatic rings. The first-order valence-electron chi connectivity index (χ1n) is 44.6. The fourth-order valence-electron chi connectivity index (χ4n) is 17.9. The minimum absolute atomic E-state index is 0. The van der Waals surface area contributed by atoms with E-state index in [1.165, 1.54) is 114 Å². The second kappa shape index (κ2) is 44.6. The summed E-state index contributed by atoms with van der Waals surface area (Å²) in [5.74, 6) is 5.43. The zero-order valence-corrected chi connectivity index (χ0v) is 83.9. The summed E-state index contributed by atoms with van der Waals surface area (Å²) in [6, 6.07) is 131. The maximum atomic E-state index is 10.4. The van der Waals surface area contributed by atoms with Crippen LogP contribution in [0.1, 0.15) is 46.2 Å². The number of hydrogen-bond donors (Lipinski definition) is 1. The smallest absolute Gasteiger partial charge is 0.662 e. The molecule has 0 unspecified atom stereocenters. The van der Waals surface area contributed by atoms with Crippen LogP contribution in [0, 0.1) is 59.7 Å². The molecular formula is C118H94N10O6Pt3S-2. The number of rotatable bonds is 13. The number of hydrogen-bond acceptors (Lipinski definition) is 12. The predicted octanol–water partition coefficient (Wildman–Crippen LogP) is 29.2. The molecule has 16 nitrogen and oxygen atoms in total. The Hall–Kier alpha value is -14.3. The van der Waals surface area contributed by atoms with E-state index in [4.69, 9.17) is 29.0 Å². The van der Waals surface area contributed by atoms with E-state index in [0.717, 1.165) is 137 Å². The van der Waals surface area contributed by atoms with Crippen LogP contribution in [0.25, 0.3) is 133 Å². The second-order valence-corrected chi connectivity index (χ2v) is 34.5. The topological polar surface area (TPSA) is 207 Å². The number of para-hydroxylation sites is 5. The SMILES string of the molecule is C1CC[N-]C1.Cc1cc(-c2ccccc2)cc(C)c1-c1ccnc(-c2[c-]c(N3c4ccccc4Oc4cccnc43)ccc2)c1.Cc1cc(-c2ccccc2)cc(C)c1-c1ccnc(-c2[c-]c3c(cc2)Oc2ccccc2N3c2ccccn2)c1.Cc1cc(-c2ccccc2)cc(C)c1-c1ccnc(-c2[c-]c3c(cc2)c2ccccc2n3-c2ccccn2)c1.O.O=S(=O)(O)c1ccccc1.[Pt+2].[Pt].[Pt]. The largest absolute Gasteiger partial charge is 2.00 e. The number of aryl methyl sites for hydroxylation is 6. The molecule has 20 aromatic rings. The molecule has 0 aliphatic carbocycles. The molecule has 20 heteroatoms. The molecule has 13 aromatic carbocycles. The summed E-state index contributed by atoms with van der Waals surface area (Å²) < 4.78 is 43.8. The third kappa shape index (κ3) is 21.6. The van der Waals surface area contributed by atoms with E-state index in [-0.39, 0.29) is 73.6 Å². The second-order valence-electron chi connectivity index (χ2n) is 33.0. The zero-order chi connectivity index (χ0) is 91.6. The zero-order valence-electron chi connectivity index (χ0n) is 76.3. The number of anilines is 6. The monoisotopic (exact) mass is 2360 g/mol. The molecule has 10 heterocycles. The van der Waals surface area contributed by atoms with Crippen LogP contribution in [0.15, 0.2) is 400 Å². The Morgan fingerprint density at radius 2 is 0.746 bits per heavy atom. The molecule has 0 saturated carbocycles. The Morgan fingerprint density at radius 1 is 0.333 bits per heavy atom. The number of nitrogens with zero attached hydrogens (tertiary/aromatic N) is 10. The van der Waals surface area contributed by atoms with Gasteiger partial charge in [0.25, 0.3) is 10.1 Å². The average molecular weight is 2370 g/mol. The first-order valence-corrected chi connectivity index (χ1v) is 46.0. The number of ether oxygens (including phenoxy) is 2. The van der Waals surface area contributed by atoms with Crippen molar-refractivity contribution in [2.45, 2.75) is 59.3 Å². The van der Waals surface area contributed by atoms with Crippen molar-refractivity contribution in [3.63, 3.8) is 0 Å². The summed E-state index contributed by atoms with van der Waals surface area (Å²) in [6.45, 7) is 15.4. The summed E-state index contributed by atoms with van der Waals surface area (Å²) in [7, 11) is -4.00. The fraction of sp³-hybridized carbons (Fsp3) is 0.0847. The van der Waals surface area contributed by atoms with Crippen LogP contribution in [0.5, 0.6) is 23.0 Å². The van der Waals surface area contributed by atoms with Crippen molar-refractivity contribution in [1.29, 1.82) is 0 Å². The van der Waals surface area contributed by atoms with Crippen LogP contribution < -0.4 is 19.3 Å². The van der Waals surface area contributed by atoms with Crippen molar-refractivity contribution in [3.05, 3.63) is 452 Å². The molecule has 0 amide bonds. The van der Waals surface area contributed by atoms with E-state index in [0.29, 0.717) is 5.75 Å². The normalized spacial score (nSPS) is 11.8. The van der Waals surface area contributed by atoms with Gasteiger partial charge in [-0.2, -0.15) is 8.42 Å². The molecule has 0 atom stereocenters. The fourth-order valence-corrected chi connectivity index (χ4v) is 18.4. The Balaban J connectivity index is 0.000000143. The van der Waals surface area contributed by atoms with Gasteiger partial charge >= 0.3 is 21.1 Å². The Kier molecular flexibility index (Phi) is 31.8. The Morgan fingerprint density at radius 3 is 1.22 bits per heavy atom. The van der Waals surface area contributed by atoms with Crippen LogP contribution >= 0.6 is 0 Å². The van der Waals surface area contributed by atoms with Crippen molar-refractivity contribution in [1.82, 2.24) is 34.5 Å². The van der Waals surface area contributed by atoms with Gasteiger partial charge in [-0.25, -0.2) is 15.0 Å². The first-order chi connectivity index (χ1) is 65.6. The molecule has 3 aliphatic heterocycles. The number of pyridine rings is 6. The van der Waals surface area contributed by atoms with E-state index >= 15 is 0 Å². The van der Waals surface area contributed by atoms with Crippen LogP contribution in [-0.4, -0.2) is 66.0 Å². The van der Waals surface area contributed by atoms with Gasteiger partial charge in [-0.1, -0.05) is 237 Å². The van der Waals surface area contributed by atoms with Gasteiger partial charge in [0.1, 0.15) is 17.4 Å². The third-order valence-corrected chi connectivity index (χ3v) is 24.8. The maximum Gasteiger partial charge on any atom is 2.00 e. The molecule has 1 saturated heterocycles. The standard InChI is InChI=1S/2C36H26N3O.C36H26N3.C6H6O3S.C4H8N.H2O.3Pt/c1-24-20-29(26-10-4-3-5-11-26)21-25(2)35(24)28-17-19-37-31(23-28)27-12-8-13-30(22-27)39-32-14-6-7-15-33(32)40-34-16-9-18-38-36(34)39;1-24-20-29(26-10-4-3-5-11-26)21-25(2)36(24)28-17-19-37-30(22-28)27-15-16-34-32(23-27)39(35-14-8-9-18-38-35)31-12-6-7-13-33(31)40-34;1-24-20-29(26-10-4-3-5-11-26)21-25(2)36(24)28-17-19-37-32(22-28)27-15-16-31-30-12-6-7-13-33(30)39(34(31)23-27)35-14-8-9-18-38-35;7-10(8,9)6-4-2-1-3-5-6;1-2-4-5-3-1;;;;/h3-21,23H,1-2H3;3-22H,1-2H3;3-22H,1-2H3;1-5H,(H,7,8,9);1-4H2;1H2;;;/q3*-1;;-1;;;;+2. The third-order valence-electron chi connectivity index (χ3n) is 23.9. The van der Waals surface area contributed by atoms with Gasteiger partial charge in [0.05, 0.1) is 22.0 Å². The van der Waals surface area contributed by atoms with Gasteiger partial charge < -0.3 is 49.6 Å². The first kappa shape index (κ1) is 98.2. The summed E-state index contributed by atoms with van der Waals surface area (Å²) in [5.41, 5.74) is 33.0. The molecule has 690 valence electrons. The van der Waals surface area contributed by atoms with Gasteiger partial charge in [0.15, 0.2) is 17.3 Å². The van der Waals surface area contributed by atoms with Gasteiger partial charge in [-0.3, -0.25) is 4.55 Å². The molecule has 0 bridgehead atoms. The predicted molar refractivity (Wildman–Crippen MR) is 546 cm³/mol. The summed E-state index contributed by atoms with van der Waals surface area (Å²) in [4.78, 5) is 32.3. The van der Waals surface area contributed by atoms with Gasteiger partial charge in [-0.05, 0) is 272 Å². The van der Waals surface area contributed by atoms with Crippen LogP contribution in [0.4, 0.5) is 34.4 Å². The molecule has 138 heavy (non-hydrogen) atoms. The van der Waals surface area contributed by atoms with Gasteiger partial charge in [-0.15, -0.1) is 90.4 Å². The molecule has 0 spiro atoms. The molecule has 1 fully saturated rings. The molecule has 23 rings (SSSR count). The quantitative estimate of drug-likeness (QED) is 0.0843. The van der Waals surface area contributed by atoms with Crippen LogP contribution in [0.2, 0.25) is 0 Å². The van der Waals surface area contributed by atoms with Crippen molar-refractivity contribution >= 4 is 66.3 Å². The molecule has 7 aromatic heterocycles. The minimum atomic E-state index is -4.00. The number of fused-ring (bicyclic) bond motifs is 7. The van der Waals surface area contributed by atoms with E-state index < -0.39 is 10.1 Å². The van der Waals surface area contributed by atoms with E-state index in [2.05, 4.69) is 295 Å². The van der Waals surface area contributed by atoms with Crippen molar-refractivity contribution < 1.29 is 91.1 Å². The van der Waals surface area contributed by atoms with E-state index in [9.17, 15) is 8.42 Å². The molecular weight excluding hydrogens is 2270 g/mol. The molecule has 0 radical (unpaired) electrons. The van der Waals surface area contributed by atoms with E-state index in [1.807, 2.05) is 152 Å². The van der Waals surface area contributed by atoms with Crippen molar-refractivity contribution in [2.75, 3.05) is 22.9 Å². The average Bonchev–Trinajstić information content (AvgIpc) is 1.48. The van der Waals surface area contributed by atoms with E-state index in [1.54, 1.807) is 30.6 Å². The Labute approximate surface area is 848 Å². The minimum Gasteiger partial charge on any atom is -0.662 e. The summed E-state index contributed by atoms with van der Waals surface area (Å²) in [5, 5.41) is 6.42. The number of benzene rings is 13. The summed E-state index contributed by atoms with van der Waals surface area (Å²) in [6.07, 6.45) is 13.8. The van der Waals surface area contributed by atoms with Gasteiger partial charge in [0.2, 0.25) is 0 Å². The maximum absolute atomic E-state index is 10.4. The van der Waals surface area contributed by atoms with Crippen LogP contribution in [0.3, 0.4) is 0 Å². The van der Waals surface area contributed by atoms with Crippen molar-refractivity contribution in [2.24, 2.45) is 0 Å². The van der Waals surface area contributed by atoms with Crippen LogP contribution in [-0.2, 0) is 73.3 Å². The number of aromatic nitrogens is 7. The summed E-state index contributed by atoms with van der Waals surface area (Å²) >= 11 is 0. The molecule has 3 N–H and O–H groups in total. The Bertz CT molecular complexity index is 7630.